The van der Waals surface area contributed by atoms with Gasteiger partial charge in [0, 0.05) is 17.7 Å². The van der Waals surface area contributed by atoms with Crippen LogP contribution in [-0.4, -0.2) is 38.7 Å². The van der Waals surface area contributed by atoms with E-state index in [4.69, 9.17) is 4.74 Å². The Morgan fingerprint density at radius 2 is 1.90 bits per heavy atom. The van der Waals surface area contributed by atoms with Crippen LogP contribution in [0.1, 0.15) is 37.4 Å². The van der Waals surface area contributed by atoms with E-state index in [-0.39, 0.29) is 17.8 Å². The van der Waals surface area contributed by atoms with Gasteiger partial charge in [0.1, 0.15) is 11.8 Å². The second kappa shape index (κ2) is 9.78. The maximum Gasteiger partial charge on any atom is 0.271 e. The highest BCUT2D eigenvalue weighted by Gasteiger charge is 2.34. The first kappa shape index (κ1) is 24.1. The summed E-state index contributed by atoms with van der Waals surface area (Å²) in [5, 5.41) is 14.1. The number of methoxy groups -OCH3 is 1. The zero-order valence-electron chi connectivity index (χ0n) is 18.2. The molecular formula is C21H27N3O6S. The molecule has 0 unspecified atom stereocenters. The summed E-state index contributed by atoms with van der Waals surface area (Å²) >= 11 is 0. The van der Waals surface area contributed by atoms with Gasteiger partial charge in [-0.25, -0.2) is 8.42 Å². The SMILES string of the molecule is CC[C@H](C(=O)N[C@@H](C)c1ccccc1OC)N(c1cc([N+](=O)[O-])ccc1C)S(C)(=O)=O. The summed E-state index contributed by atoms with van der Waals surface area (Å²) in [5.41, 5.74) is 1.08. The molecule has 1 amide bonds. The van der Waals surface area contributed by atoms with Crippen LogP contribution in [0.5, 0.6) is 5.75 Å². The maximum absolute atomic E-state index is 13.2. The maximum atomic E-state index is 13.2. The Kier molecular flexibility index (Phi) is 7.61. The van der Waals surface area contributed by atoms with E-state index in [1.54, 1.807) is 26.8 Å². The Morgan fingerprint density at radius 1 is 1.26 bits per heavy atom. The average molecular weight is 450 g/mol. The topological polar surface area (TPSA) is 119 Å². The molecule has 9 nitrogen and oxygen atoms in total. The van der Waals surface area contributed by atoms with Gasteiger partial charge in [0.25, 0.3) is 5.69 Å². The molecule has 10 heteroatoms. The highest BCUT2D eigenvalue weighted by Crippen LogP contribution is 2.31. The lowest BCUT2D eigenvalue weighted by molar-refractivity contribution is -0.384. The minimum Gasteiger partial charge on any atom is -0.496 e. The van der Waals surface area contributed by atoms with E-state index in [1.807, 2.05) is 18.2 Å². The molecule has 2 aromatic rings. The van der Waals surface area contributed by atoms with Crippen molar-refractivity contribution in [2.75, 3.05) is 17.7 Å². The van der Waals surface area contributed by atoms with Crippen molar-refractivity contribution in [2.45, 2.75) is 39.3 Å². The van der Waals surface area contributed by atoms with Crippen LogP contribution >= 0.6 is 0 Å². The Balaban J connectivity index is 2.45. The molecule has 0 saturated heterocycles. The van der Waals surface area contributed by atoms with Gasteiger partial charge in [-0.15, -0.1) is 0 Å². The average Bonchev–Trinajstić information content (AvgIpc) is 2.71. The number of non-ortho nitro benzene ring substituents is 1. The Hall–Kier alpha value is -3.14. The summed E-state index contributed by atoms with van der Waals surface area (Å²) in [7, 11) is -2.40. The van der Waals surface area contributed by atoms with Gasteiger partial charge in [-0.1, -0.05) is 31.2 Å². The van der Waals surface area contributed by atoms with Crippen LogP contribution in [0.15, 0.2) is 42.5 Å². The molecule has 0 aromatic heterocycles. The Bertz CT molecular complexity index is 1070. The number of nitro groups is 1. The van der Waals surface area contributed by atoms with E-state index in [0.29, 0.717) is 11.3 Å². The number of nitrogens with one attached hydrogen (secondary N) is 1. The van der Waals surface area contributed by atoms with Crippen molar-refractivity contribution in [3.63, 3.8) is 0 Å². The molecule has 168 valence electrons. The number of anilines is 1. The number of rotatable bonds is 9. The summed E-state index contributed by atoms with van der Waals surface area (Å²) in [6, 6.07) is 9.59. The van der Waals surface area contributed by atoms with E-state index in [2.05, 4.69) is 5.32 Å². The molecule has 0 radical (unpaired) electrons. The fourth-order valence-corrected chi connectivity index (χ4v) is 4.66. The van der Waals surface area contributed by atoms with Crippen molar-refractivity contribution in [2.24, 2.45) is 0 Å². The number of aryl methyl sites for hydroxylation is 1. The lowest BCUT2D eigenvalue weighted by Gasteiger charge is -2.32. The third-order valence-corrected chi connectivity index (χ3v) is 6.10. The highest BCUT2D eigenvalue weighted by atomic mass is 32.2. The van der Waals surface area contributed by atoms with Crippen molar-refractivity contribution < 1.29 is 22.9 Å². The molecule has 31 heavy (non-hydrogen) atoms. The first-order chi connectivity index (χ1) is 14.5. The van der Waals surface area contributed by atoms with Gasteiger partial charge in [-0.05, 0) is 31.9 Å². The molecular weight excluding hydrogens is 422 g/mol. The van der Waals surface area contributed by atoms with Crippen molar-refractivity contribution in [3.8, 4) is 5.75 Å². The van der Waals surface area contributed by atoms with E-state index in [0.717, 1.165) is 16.1 Å². The predicted octanol–water partition coefficient (Wildman–Crippen LogP) is 3.33. The third-order valence-electron chi connectivity index (χ3n) is 4.93. The lowest BCUT2D eigenvalue weighted by Crippen LogP contribution is -2.50. The normalized spacial score (nSPS) is 13.2. The quantitative estimate of drug-likeness (QED) is 0.463. The lowest BCUT2D eigenvalue weighted by atomic mass is 10.1. The van der Waals surface area contributed by atoms with Crippen molar-refractivity contribution in [1.29, 1.82) is 0 Å². The molecule has 0 aliphatic heterocycles. The molecule has 0 saturated carbocycles. The Morgan fingerprint density at radius 3 is 2.45 bits per heavy atom. The fraction of sp³-hybridized carbons (Fsp3) is 0.381. The minimum absolute atomic E-state index is 0.101. The number of nitrogens with zero attached hydrogens (tertiary/aromatic N) is 2. The van der Waals surface area contributed by atoms with Crippen molar-refractivity contribution in [3.05, 3.63) is 63.7 Å². The van der Waals surface area contributed by atoms with Crippen molar-refractivity contribution in [1.82, 2.24) is 5.32 Å². The van der Waals surface area contributed by atoms with Gasteiger partial charge >= 0.3 is 0 Å². The summed E-state index contributed by atoms with van der Waals surface area (Å²) in [6.45, 7) is 5.09. The summed E-state index contributed by atoms with van der Waals surface area (Å²) in [5.74, 6) is 0.0788. The molecule has 0 fully saturated rings. The number of carbonyl (C=O) groups excluding carboxylic acids is 1. The van der Waals surface area contributed by atoms with Crippen LogP contribution in [-0.2, 0) is 14.8 Å². The number of ether oxygens (including phenoxy) is 1. The van der Waals surface area contributed by atoms with Crippen LogP contribution < -0.4 is 14.4 Å². The monoisotopic (exact) mass is 449 g/mol. The zero-order valence-corrected chi connectivity index (χ0v) is 19.0. The first-order valence-electron chi connectivity index (χ1n) is 9.69. The fourth-order valence-electron chi connectivity index (χ4n) is 3.40. The number of benzene rings is 2. The van der Waals surface area contributed by atoms with Gasteiger partial charge in [0.15, 0.2) is 0 Å². The molecule has 0 aliphatic carbocycles. The highest BCUT2D eigenvalue weighted by molar-refractivity contribution is 7.92. The van der Waals surface area contributed by atoms with Gasteiger partial charge in [-0.3, -0.25) is 19.2 Å². The molecule has 2 atom stereocenters. The second-order valence-corrected chi connectivity index (χ2v) is 9.04. The van der Waals surface area contributed by atoms with Crippen LogP contribution in [0.2, 0.25) is 0 Å². The summed E-state index contributed by atoms with van der Waals surface area (Å²) in [4.78, 5) is 23.8. The number of nitro benzene ring substituents is 1. The molecule has 1 N–H and O–H groups in total. The smallest absolute Gasteiger partial charge is 0.271 e. The third kappa shape index (κ3) is 5.52. The van der Waals surface area contributed by atoms with Gasteiger partial charge in [0.05, 0.1) is 30.0 Å². The number of carbonyl (C=O) groups is 1. The van der Waals surface area contributed by atoms with E-state index in [1.165, 1.54) is 25.3 Å². The number of hydrogen-bond acceptors (Lipinski definition) is 6. The molecule has 0 bridgehead atoms. The van der Waals surface area contributed by atoms with Crippen LogP contribution in [0.3, 0.4) is 0 Å². The molecule has 0 aliphatic rings. The van der Waals surface area contributed by atoms with E-state index >= 15 is 0 Å². The zero-order chi connectivity index (χ0) is 23.3. The summed E-state index contributed by atoms with van der Waals surface area (Å²) < 4.78 is 31.7. The molecule has 2 aromatic carbocycles. The molecule has 2 rings (SSSR count). The van der Waals surface area contributed by atoms with Crippen LogP contribution in [0.4, 0.5) is 11.4 Å². The van der Waals surface area contributed by atoms with Crippen LogP contribution in [0.25, 0.3) is 0 Å². The molecule has 0 heterocycles. The number of sulfonamides is 1. The summed E-state index contributed by atoms with van der Waals surface area (Å²) in [6.07, 6.45) is 1.14. The minimum atomic E-state index is -3.93. The van der Waals surface area contributed by atoms with E-state index in [9.17, 15) is 23.3 Å². The van der Waals surface area contributed by atoms with Crippen LogP contribution in [0, 0.1) is 17.0 Å². The molecule has 0 spiro atoms. The standard InChI is InChI=1S/C21H27N3O6S/c1-6-18(21(25)22-15(3)17-9-7-8-10-20(17)30-4)23(31(5,28)29)19-13-16(24(26)27)12-11-14(19)2/h7-13,15,18H,6H2,1-5H3,(H,22,25)/t15-,18+/m0/s1. The van der Waals surface area contributed by atoms with Gasteiger partial charge in [-0.2, -0.15) is 0 Å². The van der Waals surface area contributed by atoms with E-state index < -0.39 is 32.9 Å². The van der Waals surface area contributed by atoms with Crippen molar-refractivity contribution >= 4 is 27.3 Å². The van der Waals surface area contributed by atoms with Gasteiger partial charge in [0.2, 0.25) is 15.9 Å². The largest absolute Gasteiger partial charge is 0.496 e. The number of para-hydroxylation sites is 1. The first-order valence-corrected chi connectivity index (χ1v) is 11.5. The van der Waals surface area contributed by atoms with Gasteiger partial charge < -0.3 is 10.1 Å². The Labute approximate surface area is 182 Å². The second-order valence-electron chi connectivity index (χ2n) is 7.18. The predicted molar refractivity (Wildman–Crippen MR) is 119 cm³/mol. The number of amides is 1. The number of hydrogen-bond donors (Lipinski definition) is 1.